The Kier molecular flexibility index (Phi) is 9.04. The summed E-state index contributed by atoms with van der Waals surface area (Å²) in [6.07, 6.45) is 4.77. The minimum Gasteiger partial charge on any atom is -0.303 e. The van der Waals surface area contributed by atoms with E-state index in [1.165, 1.54) is 5.70 Å². The van der Waals surface area contributed by atoms with Gasteiger partial charge in [0.1, 0.15) is 6.17 Å². The van der Waals surface area contributed by atoms with Gasteiger partial charge in [-0.05, 0) is 12.8 Å². The van der Waals surface area contributed by atoms with Crippen LogP contribution in [0.5, 0.6) is 0 Å². The molecule has 0 aromatic rings. The first-order chi connectivity index (χ1) is 9.28. The highest BCUT2D eigenvalue weighted by Crippen LogP contribution is 2.25. The second-order valence-electron chi connectivity index (χ2n) is 4.18. The van der Waals surface area contributed by atoms with Crippen molar-refractivity contribution < 1.29 is 19.2 Å². The van der Waals surface area contributed by atoms with E-state index in [1.54, 1.807) is 0 Å². The van der Waals surface area contributed by atoms with Gasteiger partial charge in [0.2, 0.25) is 0 Å². The Morgan fingerprint density at radius 1 is 1.15 bits per heavy atom. The van der Waals surface area contributed by atoms with Crippen LogP contribution in [0.15, 0.2) is 11.9 Å². The lowest BCUT2D eigenvalue weighted by atomic mass is 10.3. The van der Waals surface area contributed by atoms with Crippen LogP contribution >= 0.6 is 7.82 Å². The van der Waals surface area contributed by atoms with E-state index >= 15 is 0 Å². The number of phosphoric acid groups is 1. The summed E-state index contributed by atoms with van der Waals surface area (Å²) in [6.45, 7) is 10.6. The van der Waals surface area contributed by atoms with Gasteiger partial charge in [-0.15, -0.1) is 0 Å². The van der Waals surface area contributed by atoms with Crippen LogP contribution in [0.1, 0.15) is 40.5 Å². The van der Waals surface area contributed by atoms with Crippen molar-refractivity contribution >= 4 is 7.82 Å². The van der Waals surface area contributed by atoms with Crippen molar-refractivity contribution in [1.29, 1.82) is 0 Å². The molecule has 5 N–H and O–H groups in total. The fourth-order valence-corrected chi connectivity index (χ4v) is 1.98. The maximum Gasteiger partial charge on any atom is 0.466 e. The molecule has 1 aliphatic rings. The standard InChI is InChI=1S/C11H24N4.H3O4P/c1-5-10-9-14(12-7-3)11(6-2)15(10)13-8-4;1-5(2,3)4/h9,11-13H,5-8H2,1-4H3;(H3,1,2,3,4). The molecule has 1 aliphatic heterocycles. The second kappa shape index (κ2) is 9.33. The number of nitrogens with zero attached hydrogens (tertiary/aromatic N) is 2. The Morgan fingerprint density at radius 3 is 2.00 bits per heavy atom. The summed E-state index contributed by atoms with van der Waals surface area (Å²) < 4.78 is 8.88. The normalized spacial score (nSPS) is 18.8. The van der Waals surface area contributed by atoms with E-state index in [4.69, 9.17) is 19.2 Å². The summed E-state index contributed by atoms with van der Waals surface area (Å²) in [5, 5.41) is 4.49. The first-order valence-electron chi connectivity index (χ1n) is 6.81. The first kappa shape index (κ1) is 19.4. The van der Waals surface area contributed by atoms with Crippen LogP contribution in [0.3, 0.4) is 0 Å². The van der Waals surface area contributed by atoms with Gasteiger partial charge in [0, 0.05) is 25.0 Å². The molecule has 1 atom stereocenters. The number of hydrazine groups is 2. The molecule has 1 heterocycles. The fraction of sp³-hybridized carbons (Fsp3) is 0.818. The van der Waals surface area contributed by atoms with Gasteiger partial charge in [-0.1, -0.05) is 27.7 Å². The average molecular weight is 310 g/mol. The van der Waals surface area contributed by atoms with E-state index in [0.29, 0.717) is 6.17 Å². The molecule has 9 heteroatoms. The molecule has 0 spiro atoms. The number of nitrogens with one attached hydrogen (secondary N) is 2. The first-order valence-corrected chi connectivity index (χ1v) is 8.38. The van der Waals surface area contributed by atoms with Gasteiger partial charge in [0.05, 0.1) is 0 Å². The second-order valence-corrected chi connectivity index (χ2v) is 5.20. The Labute approximate surface area is 120 Å². The van der Waals surface area contributed by atoms with E-state index in [9.17, 15) is 0 Å². The third-order valence-electron chi connectivity index (χ3n) is 2.61. The smallest absolute Gasteiger partial charge is 0.303 e. The highest BCUT2D eigenvalue weighted by Gasteiger charge is 2.29. The maximum atomic E-state index is 8.88. The summed E-state index contributed by atoms with van der Waals surface area (Å²) in [4.78, 5) is 21.6. The summed E-state index contributed by atoms with van der Waals surface area (Å²) in [6, 6.07) is 0. The molecule has 0 saturated carbocycles. The Hall–Kier alpha value is -0.630. The molecule has 1 rings (SSSR count). The van der Waals surface area contributed by atoms with Gasteiger partial charge in [-0.25, -0.2) is 15.4 Å². The largest absolute Gasteiger partial charge is 0.466 e. The summed E-state index contributed by atoms with van der Waals surface area (Å²) in [5.41, 5.74) is 8.14. The number of hydrogen-bond acceptors (Lipinski definition) is 5. The quantitative estimate of drug-likeness (QED) is 0.457. The van der Waals surface area contributed by atoms with Crippen molar-refractivity contribution in [2.75, 3.05) is 13.1 Å². The van der Waals surface area contributed by atoms with Crippen LogP contribution in [-0.2, 0) is 4.57 Å². The van der Waals surface area contributed by atoms with Crippen LogP contribution in [0, 0.1) is 0 Å². The van der Waals surface area contributed by atoms with Gasteiger partial charge in [-0.3, -0.25) is 10.0 Å². The molecular formula is C11H27N4O4P. The number of hydrogen-bond donors (Lipinski definition) is 5. The third kappa shape index (κ3) is 7.23. The average Bonchev–Trinajstić information content (AvgIpc) is 2.65. The van der Waals surface area contributed by atoms with Crippen molar-refractivity contribution in [1.82, 2.24) is 20.9 Å². The molecule has 0 aliphatic carbocycles. The zero-order valence-corrected chi connectivity index (χ0v) is 13.5. The van der Waals surface area contributed by atoms with Gasteiger partial charge in [0.25, 0.3) is 0 Å². The lowest BCUT2D eigenvalue weighted by Gasteiger charge is -2.33. The van der Waals surface area contributed by atoms with Crippen molar-refractivity contribution in [3.63, 3.8) is 0 Å². The molecule has 1 unspecified atom stereocenters. The van der Waals surface area contributed by atoms with Crippen LogP contribution in [0.2, 0.25) is 0 Å². The van der Waals surface area contributed by atoms with Crippen molar-refractivity contribution in [2.45, 2.75) is 46.7 Å². The predicted molar refractivity (Wildman–Crippen MR) is 77.7 cm³/mol. The molecule has 0 amide bonds. The monoisotopic (exact) mass is 310 g/mol. The Balaban J connectivity index is 0.000000621. The molecular weight excluding hydrogens is 283 g/mol. The molecule has 0 saturated heterocycles. The van der Waals surface area contributed by atoms with Crippen molar-refractivity contribution in [2.24, 2.45) is 0 Å². The van der Waals surface area contributed by atoms with E-state index in [1.807, 2.05) is 0 Å². The van der Waals surface area contributed by atoms with Crippen LogP contribution < -0.4 is 10.9 Å². The highest BCUT2D eigenvalue weighted by molar-refractivity contribution is 7.45. The molecule has 8 nitrogen and oxygen atoms in total. The zero-order valence-electron chi connectivity index (χ0n) is 12.6. The Bertz CT molecular complexity index is 339. The van der Waals surface area contributed by atoms with Crippen LogP contribution in [0.4, 0.5) is 0 Å². The minimum atomic E-state index is -4.64. The third-order valence-corrected chi connectivity index (χ3v) is 2.61. The zero-order chi connectivity index (χ0) is 15.8. The molecule has 120 valence electrons. The summed E-state index contributed by atoms with van der Waals surface area (Å²) in [7, 11) is -4.64. The lowest BCUT2D eigenvalue weighted by molar-refractivity contribution is 0.0642. The Morgan fingerprint density at radius 2 is 1.65 bits per heavy atom. The van der Waals surface area contributed by atoms with E-state index in [0.717, 1.165) is 25.9 Å². The van der Waals surface area contributed by atoms with Gasteiger partial charge in [-0.2, -0.15) is 0 Å². The van der Waals surface area contributed by atoms with E-state index in [2.05, 4.69) is 54.8 Å². The predicted octanol–water partition coefficient (Wildman–Crippen LogP) is 0.712. The van der Waals surface area contributed by atoms with Gasteiger partial charge < -0.3 is 14.7 Å². The van der Waals surface area contributed by atoms with Gasteiger partial charge in [0.15, 0.2) is 0 Å². The molecule has 0 radical (unpaired) electrons. The maximum absolute atomic E-state index is 8.88. The summed E-state index contributed by atoms with van der Waals surface area (Å²) in [5.74, 6) is 0. The topological polar surface area (TPSA) is 108 Å². The minimum absolute atomic E-state index is 0.403. The van der Waals surface area contributed by atoms with Crippen LogP contribution in [0.25, 0.3) is 0 Å². The number of allylic oxidation sites excluding steroid dienone is 1. The molecule has 0 fully saturated rings. The molecule has 20 heavy (non-hydrogen) atoms. The van der Waals surface area contributed by atoms with E-state index < -0.39 is 7.82 Å². The van der Waals surface area contributed by atoms with Crippen molar-refractivity contribution in [3.8, 4) is 0 Å². The molecule has 0 aromatic heterocycles. The molecule has 0 aromatic carbocycles. The molecule has 0 bridgehead atoms. The highest BCUT2D eigenvalue weighted by atomic mass is 31.2. The van der Waals surface area contributed by atoms with E-state index in [-0.39, 0.29) is 0 Å². The fourth-order valence-electron chi connectivity index (χ4n) is 1.98. The number of rotatable bonds is 6. The van der Waals surface area contributed by atoms with Crippen molar-refractivity contribution in [3.05, 3.63) is 11.9 Å². The lowest BCUT2D eigenvalue weighted by Crippen LogP contribution is -2.50. The SMILES string of the molecule is CCNN1C=C(CC)N(NCC)C1CC.O=P(O)(O)O. The summed E-state index contributed by atoms with van der Waals surface area (Å²) >= 11 is 0. The van der Waals surface area contributed by atoms with Crippen LogP contribution in [-0.4, -0.2) is 44.0 Å². The van der Waals surface area contributed by atoms with Gasteiger partial charge >= 0.3 is 7.82 Å².